The number of rotatable bonds is 4. The Labute approximate surface area is 125 Å². The molecule has 2 aromatic carbocycles. The van der Waals surface area contributed by atoms with Crippen LogP contribution in [-0.2, 0) is 11.3 Å². The minimum atomic E-state index is -0.965. The van der Waals surface area contributed by atoms with Gasteiger partial charge in [0.15, 0.2) is 0 Å². The average Bonchev–Trinajstić information content (AvgIpc) is 2.45. The van der Waals surface area contributed by atoms with E-state index in [2.05, 4.69) is 10.1 Å². The number of esters is 1. The second-order valence-corrected chi connectivity index (χ2v) is 4.72. The van der Waals surface area contributed by atoms with Crippen molar-refractivity contribution < 1.29 is 18.3 Å². The highest BCUT2D eigenvalue weighted by Gasteiger charge is 2.16. The number of ether oxygens (including phenoxy) is 1. The van der Waals surface area contributed by atoms with Gasteiger partial charge in [-0.25, -0.2) is 13.6 Å². The van der Waals surface area contributed by atoms with Crippen molar-refractivity contribution in [2.75, 3.05) is 12.4 Å². The van der Waals surface area contributed by atoms with Crippen molar-refractivity contribution in [3.05, 3.63) is 64.2 Å². The third-order valence-electron chi connectivity index (χ3n) is 2.83. The minimum Gasteiger partial charge on any atom is -0.465 e. The van der Waals surface area contributed by atoms with Crippen LogP contribution in [0.5, 0.6) is 0 Å². The van der Waals surface area contributed by atoms with Gasteiger partial charge in [0.25, 0.3) is 0 Å². The summed E-state index contributed by atoms with van der Waals surface area (Å²) in [5.74, 6) is -2.62. The Bertz CT molecular complexity index is 677. The van der Waals surface area contributed by atoms with Crippen molar-refractivity contribution in [3.8, 4) is 0 Å². The van der Waals surface area contributed by atoms with Gasteiger partial charge in [0.05, 0.1) is 18.4 Å². The van der Waals surface area contributed by atoms with Crippen LogP contribution in [0.15, 0.2) is 36.4 Å². The molecule has 0 unspecified atom stereocenters. The van der Waals surface area contributed by atoms with Gasteiger partial charge < -0.3 is 10.1 Å². The summed E-state index contributed by atoms with van der Waals surface area (Å²) < 4.78 is 31.6. The van der Waals surface area contributed by atoms with Gasteiger partial charge in [0, 0.05) is 17.6 Å². The van der Waals surface area contributed by atoms with Crippen LogP contribution in [0.3, 0.4) is 0 Å². The van der Waals surface area contributed by atoms with Crippen LogP contribution in [0.25, 0.3) is 0 Å². The predicted octanol–water partition coefficient (Wildman–Crippen LogP) is 4.02. The SMILES string of the molecule is COC(=O)c1cc(NCc2cccc(Cl)c2)c(F)cc1F. The summed E-state index contributed by atoms with van der Waals surface area (Å²) in [6.45, 7) is 0.281. The van der Waals surface area contributed by atoms with Crippen LogP contribution < -0.4 is 5.32 Å². The van der Waals surface area contributed by atoms with Gasteiger partial charge in [-0.1, -0.05) is 23.7 Å². The number of hydrogen-bond donors (Lipinski definition) is 1. The molecule has 0 fully saturated rings. The zero-order valence-corrected chi connectivity index (χ0v) is 11.9. The first-order valence-corrected chi connectivity index (χ1v) is 6.44. The van der Waals surface area contributed by atoms with Crippen LogP contribution in [0.2, 0.25) is 5.02 Å². The molecule has 21 heavy (non-hydrogen) atoms. The molecule has 2 aromatic rings. The first kappa shape index (κ1) is 15.3. The van der Waals surface area contributed by atoms with Crippen molar-refractivity contribution in [3.63, 3.8) is 0 Å². The molecule has 0 aromatic heterocycles. The Morgan fingerprint density at radius 3 is 2.67 bits per heavy atom. The molecule has 3 nitrogen and oxygen atoms in total. The zero-order chi connectivity index (χ0) is 15.4. The van der Waals surface area contributed by atoms with Crippen molar-refractivity contribution in [2.24, 2.45) is 0 Å². The monoisotopic (exact) mass is 311 g/mol. The van der Waals surface area contributed by atoms with Gasteiger partial charge >= 0.3 is 5.97 Å². The number of carbonyl (C=O) groups excluding carboxylic acids is 1. The van der Waals surface area contributed by atoms with E-state index in [1.165, 1.54) is 0 Å². The lowest BCUT2D eigenvalue weighted by atomic mass is 10.1. The molecular weight excluding hydrogens is 300 g/mol. The van der Waals surface area contributed by atoms with Crippen molar-refractivity contribution >= 4 is 23.3 Å². The molecule has 110 valence electrons. The molecular formula is C15H12ClF2NO2. The molecule has 0 atom stereocenters. The topological polar surface area (TPSA) is 38.3 Å². The molecule has 0 heterocycles. The lowest BCUT2D eigenvalue weighted by Gasteiger charge is -2.10. The molecule has 1 N–H and O–H groups in total. The highest BCUT2D eigenvalue weighted by molar-refractivity contribution is 6.30. The van der Waals surface area contributed by atoms with Crippen LogP contribution in [0.1, 0.15) is 15.9 Å². The molecule has 0 bridgehead atoms. The average molecular weight is 312 g/mol. The number of carbonyl (C=O) groups is 1. The van der Waals surface area contributed by atoms with Gasteiger partial charge in [-0.15, -0.1) is 0 Å². The maximum absolute atomic E-state index is 13.7. The molecule has 0 amide bonds. The Balaban J connectivity index is 2.21. The Kier molecular flexibility index (Phi) is 4.75. The van der Waals surface area contributed by atoms with Crippen molar-refractivity contribution in [1.82, 2.24) is 0 Å². The molecule has 0 aliphatic rings. The maximum Gasteiger partial charge on any atom is 0.340 e. The van der Waals surface area contributed by atoms with Crippen molar-refractivity contribution in [1.29, 1.82) is 0 Å². The first-order chi connectivity index (χ1) is 10.0. The summed E-state index contributed by atoms with van der Waals surface area (Å²) in [5, 5.41) is 3.35. The summed E-state index contributed by atoms with van der Waals surface area (Å²) in [6.07, 6.45) is 0. The molecule has 0 spiro atoms. The van der Waals surface area contributed by atoms with Crippen LogP contribution in [0.4, 0.5) is 14.5 Å². The number of hydrogen-bond acceptors (Lipinski definition) is 3. The normalized spacial score (nSPS) is 10.3. The predicted molar refractivity (Wildman–Crippen MR) is 76.5 cm³/mol. The van der Waals surface area contributed by atoms with E-state index in [1.807, 2.05) is 6.07 Å². The van der Waals surface area contributed by atoms with Gasteiger partial charge in [-0.3, -0.25) is 0 Å². The van der Waals surface area contributed by atoms with E-state index < -0.39 is 17.6 Å². The van der Waals surface area contributed by atoms with E-state index in [9.17, 15) is 13.6 Å². The molecule has 0 aliphatic heterocycles. The van der Waals surface area contributed by atoms with E-state index in [0.717, 1.165) is 18.7 Å². The lowest BCUT2D eigenvalue weighted by molar-refractivity contribution is 0.0595. The number of methoxy groups -OCH3 is 1. The second-order valence-electron chi connectivity index (χ2n) is 4.29. The summed E-state index contributed by atoms with van der Waals surface area (Å²) in [7, 11) is 1.13. The molecule has 0 aliphatic carbocycles. The summed E-state index contributed by atoms with van der Waals surface area (Å²) in [4.78, 5) is 11.4. The third kappa shape index (κ3) is 3.70. The zero-order valence-electron chi connectivity index (χ0n) is 11.1. The highest BCUT2D eigenvalue weighted by Crippen LogP contribution is 2.21. The van der Waals surface area contributed by atoms with Crippen LogP contribution in [-0.4, -0.2) is 13.1 Å². The molecule has 0 saturated carbocycles. The van der Waals surface area contributed by atoms with Gasteiger partial charge in [0.1, 0.15) is 11.6 Å². The maximum atomic E-state index is 13.7. The molecule has 2 rings (SSSR count). The summed E-state index contributed by atoms with van der Waals surface area (Å²) in [5.41, 5.74) is 0.509. The Morgan fingerprint density at radius 1 is 1.24 bits per heavy atom. The Hall–Kier alpha value is -2.14. The van der Waals surface area contributed by atoms with Crippen molar-refractivity contribution in [2.45, 2.75) is 6.54 Å². The number of nitrogens with one attached hydrogen (secondary N) is 1. The molecule has 0 radical (unpaired) electrons. The number of anilines is 1. The minimum absolute atomic E-state index is 0.0109. The van der Waals surface area contributed by atoms with Gasteiger partial charge in [-0.2, -0.15) is 0 Å². The number of benzene rings is 2. The van der Waals surface area contributed by atoms with Crippen LogP contribution >= 0.6 is 11.6 Å². The summed E-state index contributed by atoms with van der Waals surface area (Å²) in [6, 6.07) is 8.74. The Morgan fingerprint density at radius 2 is 2.00 bits per heavy atom. The van der Waals surface area contributed by atoms with E-state index in [4.69, 9.17) is 11.6 Å². The summed E-state index contributed by atoms with van der Waals surface area (Å²) >= 11 is 5.85. The molecule has 0 saturated heterocycles. The largest absolute Gasteiger partial charge is 0.465 e. The van der Waals surface area contributed by atoms with E-state index in [-0.39, 0.29) is 17.8 Å². The number of halogens is 3. The quantitative estimate of drug-likeness (QED) is 0.867. The highest BCUT2D eigenvalue weighted by atomic mass is 35.5. The molecule has 6 heteroatoms. The van der Waals surface area contributed by atoms with Gasteiger partial charge in [0.2, 0.25) is 0 Å². The van der Waals surface area contributed by atoms with E-state index in [0.29, 0.717) is 11.1 Å². The fourth-order valence-electron chi connectivity index (χ4n) is 1.80. The van der Waals surface area contributed by atoms with Gasteiger partial charge in [-0.05, 0) is 23.8 Å². The lowest BCUT2D eigenvalue weighted by Crippen LogP contribution is -2.08. The fourth-order valence-corrected chi connectivity index (χ4v) is 2.01. The standard InChI is InChI=1S/C15H12ClF2NO2/c1-21-15(20)11-6-14(13(18)7-12(11)17)19-8-9-3-2-4-10(16)5-9/h2-7,19H,8H2,1H3. The second kappa shape index (κ2) is 6.54. The smallest absolute Gasteiger partial charge is 0.340 e. The van der Waals surface area contributed by atoms with E-state index in [1.54, 1.807) is 18.2 Å². The third-order valence-corrected chi connectivity index (χ3v) is 3.07. The fraction of sp³-hybridized carbons (Fsp3) is 0.133. The van der Waals surface area contributed by atoms with Crippen LogP contribution in [0, 0.1) is 11.6 Å². The first-order valence-electron chi connectivity index (χ1n) is 6.07. The van der Waals surface area contributed by atoms with E-state index >= 15 is 0 Å².